The molecule has 2 aliphatic rings. The number of fused-ring (bicyclic) bond motifs is 2. The first-order valence-corrected chi connectivity index (χ1v) is 14.4. The fourth-order valence-electron chi connectivity index (χ4n) is 6.62. The summed E-state index contributed by atoms with van der Waals surface area (Å²) in [5.41, 5.74) is 6.87. The molecule has 3 heterocycles. The van der Waals surface area contributed by atoms with Crippen molar-refractivity contribution in [2.45, 2.75) is 44.7 Å². The number of para-hydroxylation sites is 1. The molecule has 6 rings (SSSR count). The number of rotatable bonds is 9. The zero-order valence-corrected chi connectivity index (χ0v) is 23.3. The Morgan fingerprint density at radius 3 is 2.44 bits per heavy atom. The molecule has 0 saturated carbocycles. The second-order valence-electron chi connectivity index (χ2n) is 11.0. The standard InChI is InChI=1S/C34H40N2O3/c1-37-33-20-27-14-17-35(22-26-15-18-39-19-16-26)32(30(27)21-34(33)38-2)13-12-28-24-36(23-25-8-4-3-5-9-25)31-11-7-6-10-29(28)31/h3-11,20-21,24,26,32H,12-19,22-23H2,1-2H3. The molecule has 1 aromatic heterocycles. The van der Waals surface area contributed by atoms with E-state index in [1.165, 1.54) is 33.2 Å². The summed E-state index contributed by atoms with van der Waals surface area (Å²) in [6, 6.07) is 24.4. The molecule has 0 aliphatic carbocycles. The molecule has 1 unspecified atom stereocenters. The van der Waals surface area contributed by atoms with Gasteiger partial charge in [-0.3, -0.25) is 4.90 Å². The summed E-state index contributed by atoms with van der Waals surface area (Å²) < 4.78 is 19.5. The van der Waals surface area contributed by atoms with Gasteiger partial charge in [0.05, 0.1) is 14.2 Å². The van der Waals surface area contributed by atoms with E-state index in [2.05, 4.69) is 82.4 Å². The van der Waals surface area contributed by atoms with E-state index in [9.17, 15) is 0 Å². The minimum atomic E-state index is 0.354. The molecule has 5 nitrogen and oxygen atoms in total. The smallest absolute Gasteiger partial charge is 0.161 e. The zero-order valence-electron chi connectivity index (χ0n) is 23.3. The van der Waals surface area contributed by atoms with Crippen molar-refractivity contribution in [1.29, 1.82) is 0 Å². The Kier molecular flexibility index (Phi) is 7.89. The Bertz CT molecular complexity index is 1390. The minimum absolute atomic E-state index is 0.354. The Labute approximate surface area is 232 Å². The molecule has 0 amide bonds. The van der Waals surface area contributed by atoms with Crippen LogP contribution in [0.15, 0.2) is 72.9 Å². The van der Waals surface area contributed by atoms with Gasteiger partial charge in [-0.25, -0.2) is 0 Å². The molecule has 4 aromatic rings. The highest BCUT2D eigenvalue weighted by molar-refractivity contribution is 5.84. The van der Waals surface area contributed by atoms with E-state index in [1.54, 1.807) is 14.2 Å². The summed E-state index contributed by atoms with van der Waals surface area (Å²) in [6.07, 6.45) is 7.87. The van der Waals surface area contributed by atoms with Gasteiger partial charge in [0.25, 0.3) is 0 Å². The van der Waals surface area contributed by atoms with Gasteiger partial charge in [0, 0.05) is 56.0 Å². The van der Waals surface area contributed by atoms with Gasteiger partial charge in [-0.1, -0.05) is 48.5 Å². The molecule has 3 aromatic carbocycles. The van der Waals surface area contributed by atoms with Crippen molar-refractivity contribution < 1.29 is 14.2 Å². The van der Waals surface area contributed by atoms with Gasteiger partial charge in [-0.05, 0) is 78.5 Å². The molecule has 0 N–H and O–H groups in total. The van der Waals surface area contributed by atoms with Crippen LogP contribution in [0.2, 0.25) is 0 Å². The first-order chi connectivity index (χ1) is 19.2. The molecular weight excluding hydrogens is 484 g/mol. The number of nitrogens with zero attached hydrogens (tertiary/aromatic N) is 2. The van der Waals surface area contributed by atoms with Gasteiger partial charge < -0.3 is 18.8 Å². The fourth-order valence-corrected chi connectivity index (χ4v) is 6.62. The van der Waals surface area contributed by atoms with E-state index < -0.39 is 0 Å². The number of ether oxygens (including phenoxy) is 3. The van der Waals surface area contributed by atoms with Gasteiger partial charge in [-0.2, -0.15) is 0 Å². The van der Waals surface area contributed by atoms with Crippen molar-refractivity contribution in [3.05, 3.63) is 95.2 Å². The number of hydrogen-bond donors (Lipinski definition) is 0. The lowest BCUT2D eigenvalue weighted by atomic mass is 9.87. The summed E-state index contributed by atoms with van der Waals surface area (Å²) in [7, 11) is 3.47. The third-order valence-electron chi connectivity index (χ3n) is 8.70. The lowest BCUT2D eigenvalue weighted by molar-refractivity contribution is 0.0423. The van der Waals surface area contributed by atoms with E-state index in [4.69, 9.17) is 14.2 Å². The Morgan fingerprint density at radius 1 is 0.897 bits per heavy atom. The molecule has 39 heavy (non-hydrogen) atoms. The summed E-state index contributed by atoms with van der Waals surface area (Å²) in [5, 5.41) is 1.37. The predicted molar refractivity (Wildman–Crippen MR) is 157 cm³/mol. The first-order valence-electron chi connectivity index (χ1n) is 14.4. The Balaban J connectivity index is 1.30. The molecule has 204 valence electrons. The highest BCUT2D eigenvalue weighted by atomic mass is 16.5. The van der Waals surface area contributed by atoms with Crippen molar-refractivity contribution in [3.8, 4) is 11.5 Å². The van der Waals surface area contributed by atoms with Gasteiger partial charge in [0.1, 0.15) is 0 Å². The SMILES string of the molecule is COc1cc2c(cc1OC)C(CCc1cn(Cc3ccccc3)c3ccccc13)N(CC1CCOCC1)CC2. The van der Waals surface area contributed by atoms with Crippen LogP contribution in [0.4, 0.5) is 0 Å². The maximum absolute atomic E-state index is 5.75. The van der Waals surface area contributed by atoms with Gasteiger partial charge in [-0.15, -0.1) is 0 Å². The van der Waals surface area contributed by atoms with Crippen molar-refractivity contribution in [2.75, 3.05) is 40.5 Å². The molecule has 1 fully saturated rings. The maximum atomic E-state index is 5.75. The number of hydrogen-bond acceptors (Lipinski definition) is 4. The van der Waals surface area contributed by atoms with Crippen LogP contribution >= 0.6 is 0 Å². The quantitative estimate of drug-likeness (QED) is 0.245. The first kappa shape index (κ1) is 26.0. The molecular formula is C34H40N2O3. The lowest BCUT2D eigenvalue weighted by Gasteiger charge is -2.40. The summed E-state index contributed by atoms with van der Waals surface area (Å²) >= 11 is 0. The Morgan fingerprint density at radius 2 is 1.64 bits per heavy atom. The topological polar surface area (TPSA) is 35.9 Å². The third-order valence-corrected chi connectivity index (χ3v) is 8.70. The highest BCUT2D eigenvalue weighted by Crippen LogP contribution is 2.41. The van der Waals surface area contributed by atoms with Gasteiger partial charge >= 0.3 is 0 Å². The largest absolute Gasteiger partial charge is 0.493 e. The normalized spacial score (nSPS) is 18.3. The van der Waals surface area contributed by atoms with Crippen molar-refractivity contribution >= 4 is 10.9 Å². The van der Waals surface area contributed by atoms with Crippen LogP contribution in [0.25, 0.3) is 10.9 Å². The zero-order chi connectivity index (χ0) is 26.6. The van der Waals surface area contributed by atoms with Crippen molar-refractivity contribution in [3.63, 3.8) is 0 Å². The van der Waals surface area contributed by atoms with Crippen LogP contribution in [0.5, 0.6) is 11.5 Å². The summed E-state index contributed by atoms with van der Waals surface area (Å²) in [6.45, 7) is 4.90. The predicted octanol–water partition coefficient (Wildman–Crippen LogP) is 6.67. The van der Waals surface area contributed by atoms with Crippen LogP contribution in [-0.2, 0) is 24.1 Å². The molecule has 2 aliphatic heterocycles. The molecule has 0 spiro atoms. The van der Waals surface area contributed by atoms with E-state index in [0.29, 0.717) is 12.0 Å². The van der Waals surface area contributed by atoms with Crippen LogP contribution in [0.1, 0.15) is 47.6 Å². The minimum Gasteiger partial charge on any atom is -0.493 e. The van der Waals surface area contributed by atoms with Crippen LogP contribution in [-0.4, -0.2) is 50.0 Å². The van der Waals surface area contributed by atoms with Crippen LogP contribution in [0.3, 0.4) is 0 Å². The average molecular weight is 525 g/mol. The molecule has 0 radical (unpaired) electrons. The second-order valence-corrected chi connectivity index (χ2v) is 11.0. The van der Waals surface area contributed by atoms with Crippen molar-refractivity contribution in [2.24, 2.45) is 5.92 Å². The van der Waals surface area contributed by atoms with E-state index in [-0.39, 0.29) is 0 Å². The fraction of sp³-hybridized carbons (Fsp3) is 0.412. The highest BCUT2D eigenvalue weighted by Gasteiger charge is 2.31. The van der Waals surface area contributed by atoms with E-state index in [1.807, 2.05) is 0 Å². The molecule has 0 bridgehead atoms. The summed E-state index contributed by atoms with van der Waals surface area (Å²) in [4.78, 5) is 2.74. The summed E-state index contributed by atoms with van der Waals surface area (Å²) in [5.74, 6) is 2.36. The number of aryl methyl sites for hydroxylation is 1. The molecule has 1 saturated heterocycles. The van der Waals surface area contributed by atoms with Gasteiger partial charge in [0.15, 0.2) is 11.5 Å². The molecule has 1 atom stereocenters. The van der Waals surface area contributed by atoms with Gasteiger partial charge in [0.2, 0.25) is 0 Å². The lowest BCUT2D eigenvalue weighted by Crippen LogP contribution is -2.40. The number of methoxy groups -OCH3 is 2. The monoisotopic (exact) mass is 524 g/mol. The average Bonchev–Trinajstić information content (AvgIpc) is 3.33. The third kappa shape index (κ3) is 5.57. The maximum Gasteiger partial charge on any atom is 0.161 e. The van der Waals surface area contributed by atoms with Crippen LogP contribution in [0, 0.1) is 5.92 Å². The number of aromatic nitrogens is 1. The number of benzene rings is 3. The second kappa shape index (κ2) is 11.8. The Hall–Kier alpha value is -3.28. The molecule has 5 heteroatoms. The van der Waals surface area contributed by atoms with Crippen LogP contribution < -0.4 is 9.47 Å². The van der Waals surface area contributed by atoms with E-state index in [0.717, 1.165) is 76.5 Å². The van der Waals surface area contributed by atoms with Crippen molar-refractivity contribution in [1.82, 2.24) is 9.47 Å². The van der Waals surface area contributed by atoms with E-state index >= 15 is 0 Å².